The topological polar surface area (TPSA) is 77.4 Å². The number of anilines is 1. The molecule has 2 fully saturated rings. The highest BCUT2D eigenvalue weighted by Gasteiger charge is 2.53. The molecule has 1 saturated carbocycles. The minimum absolute atomic E-state index is 0.0241. The Hall–Kier alpha value is -3.53. The fraction of sp³-hybridized carbons (Fsp3) is 0.360. The van der Waals surface area contributed by atoms with Gasteiger partial charge in [0, 0.05) is 48.6 Å². The van der Waals surface area contributed by atoms with Gasteiger partial charge in [0.25, 0.3) is 0 Å². The first-order valence-electron chi connectivity index (χ1n) is 11.2. The van der Waals surface area contributed by atoms with Crippen molar-refractivity contribution >= 4 is 12.0 Å². The van der Waals surface area contributed by atoms with Crippen molar-refractivity contribution in [2.75, 3.05) is 18.6 Å². The molecule has 3 aromatic rings. The van der Waals surface area contributed by atoms with Crippen molar-refractivity contribution in [3.05, 3.63) is 66.1 Å². The number of hydrogen-bond acceptors (Lipinski definition) is 7. The van der Waals surface area contributed by atoms with Gasteiger partial charge in [-0.2, -0.15) is 13.2 Å². The largest absolute Gasteiger partial charge is 0.472 e. The molecule has 35 heavy (non-hydrogen) atoms. The zero-order valence-corrected chi connectivity index (χ0v) is 18.9. The van der Waals surface area contributed by atoms with Crippen LogP contribution in [0, 0.1) is 5.92 Å². The average Bonchev–Trinajstić information content (AvgIpc) is 3.42. The number of alkyl halides is 3. The molecule has 0 unspecified atom stereocenters. The van der Waals surface area contributed by atoms with Crippen LogP contribution in [0.25, 0.3) is 11.4 Å². The molecular weight excluding hydrogens is 461 g/mol. The molecule has 0 amide bonds. The van der Waals surface area contributed by atoms with Gasteiger partial charge in [0.05, 0.1) is 24.3 Å². The van der Waals surface area contributed by atoms with Crippen LogP contribution in [-0.4, -0.2) is 53.1 Å². The van der Waals surface area contributed by atoms with Gasteiger partial charge in [0.1, 0.15) is 6.10 Å². The van der Waals surface area contributed by atoms with Gasteiger partial charge in [0.15, 0.2) is 12.1 Å². The summed E-state index contributed by atoms with van der Waals surface area (Å²) < 4.78 is 50.2. The van der Waals surface area contributed by atoms with Gasteiger partial charge in [-0.25, -0.2) is 15.0 Å². The zero-order valence-electron chi connectivity index (χ0n) is 18.9. The molecule has 3 heterocycles. The van der Waals surface area contributed by atoms with Crippen LogP contribution in [0.4, 0.5) is 18.9 Å². The van der Waals surface area contributed by atoms with Crippen LogP contribution in [0.5, 0.6) is 5.88 Å². The molecule has 2 aromatic heterocycles. The molecule has 2 aliphatic rings. The van der Waals surface area contributed by atoms with Crippen molar-refractivity contribution in [1.29, 1.82) is 0 Å². The number of fused-ring (bicyclic) bond motifs is 2. The summed E-state index contributed by atoms with van der Waals surface area (Å²) in [6, 6.07) is 9.39. The van der Waals surface area contributed by atoms with E-state index in [0.717, 1.165) is 37.1 Å². The lowest BCUT2D eigenvalue weighted by Crippen LogP contribution is -2.51. The van der Waals surface area contributed by atoms with Gasteiger partial charge in [-0.1, -0.05) is 12.1 Å². The van der Waals surface area contributed by atoms with Crippen molar-refractivity contribution in [3.8, 4) is 17.3 Å². The molecule has 0 N–H and O–H groups in total. The van der Waals surface area contributed by atoms with E-state index in [9.17, 15) is 18.0 Å². The number of aldehydes is 1. The number of nitrogens with zero attached hydrogens (tertiary/aromatic N) is 4. The molecular formula is C25H23F3N4O3. The molecule has 5 rings (SSSR count). The number of carbonyl (C=O) groups excluding carboxylic acids is 1. The predicted molar refractivity (Wildman–Crippen MR) is 121 cm³/mol. The second-order valence-electron chi connectivity index (χ2n) is 8.70. The van der Waals surface area contributed by atoms with Crippen LogP contribution in [0.2, 0.25) is 0 Å². The maximum absolute atomic E-state index is 12.9. The van der Waals surface area contributed by atoms with Crippen molar-refractivity contribution in [1.82, 2.24) is 15.0 Å². The predicted octanol–water partition coefficient (Wildman–Crippen LogP) is 4.43. The molecule has 1 saturated heterocycles. The van der Waals surface area contributed by atoms with E-state index < -0.39 is 11.7 Å². The van der Waals surface area contributed by atoms with Crippen LogP contribution in [0.1, 0.15) is 28.8 Å². The summed E-state index contributed by atoms with van der Waals surface area (Å²) in [5.41, 5.74) is 1.00. The van der Waals surface area contributed by atoms with Crippen LogP contribution < -0.4 is 9.64 Å². The fourth-order valence-electron chi connectivity index (χ4n) is 5.27. The van der Waals surface area contributed by atoms with E-state index >= 15 is 0 Å². The van der Waals surface area contributed by atoms with E-state index in [1.165, 1.54) is 6.07 Å². The number of aromatic nitrogens is 3. The molecule has 1 aliphatic carbocycles. The Morgan fingerprint density at radius 3 is 2.54 bits per heavy atom. The summed E-state index contributed by atoms with van der Waals surface area (Å²) in [5, 5.41) is 0. The molecule has 2 bridgehead atoms. The third-order valence-corrected chi connectivity index (χ3v) is 6.73. The van der Waals surface area contributed by atoms with Crippen molar-refractivity contribution < 1.29 is 27.4 Å². The molecule has 0 radical (unpaired) electrons. The summed E-state index contributed by atoms with van der Waals surface area (Å²) in [4.78, 5) is 26.9. The second-order valence-corrected chi connectivity index (χ2v) is 8.70. The van der Waals surface area contributed by atoms with Gasteiger partial charge < -0.3 is 14.4 Å². The Balaban J connectivity index is 1.47. The monoisotopic (exact) mass is 484 g/mol. The number of methoxy groups -OCH3 is 1. The number of benzene rings is 1. The highest BCUT2D eigenvalue weighted by molar-refractivity contribution is 5.94. The van der Waals surface area contributed by atoms with Crippen LogP contribution in [0.15, 0.2) is 55.0 Å². The standard InChI is InChI=1S/C25H23F3N4O3/c1-34-14-21-15-10-20(22(11-15)35-23-7-6-16(12-31-23)25(26,27)28)32(21)19-5-2-4-17(18(19)13-33)24-29-8-3-9-30-24/h2-9,12-13,15,20-22H,10-11,14H2,1H3/t15-,20+,21-,22-/m1/s1. The van der Waals surface area contributed by atoms with E-state index in [1.807, 2.05) is 18.2 Å². The first-order valence-corrected chi connectivity index (χ1v) is 11.2. The average molecular weight is 484 g/mol. The summed E-state index contributed by atoms with van der Waals surface area (Å²) >= 11 is 0. The molecule has 182 valence electrons. The zero-order chi connectivity index (χ0) is 24.6. The fourth-order valence-corrected chi connectivity index (χ4v) is 5.27. The van der Waals surface area contributed by atoms with E-state index in [-0.39, 0.29) is 30.0 Å². The Morgan fingerprint density at radius 2 is 1.89 bits per heavy atom. The summed E-state index contributed by atoms with van der Waals surface area (Å²) in [7, 11) is 1.64. The number of piperidine rings is 1. The Labute approximate surface area is 199 Å². The second kappa shape index (κ2) is 9.26. The van der Waals surface area contributed by atoms with Crippen molar-refractivity contribution in [2.45, 2.75) is 37.2 Å². The van der Waals surface area contributed by atoms with Gasteiger partial charge in [-0.05, 0) is 37.0 Å². The maximum atomic E-state index is 12.9. The number of rotatable bonds is 7. The normalized spacial score (nSPS) is 23.5. The minimum atomic E-state index is -4.46. The number of ether oxygens (including phenoxy) is 2. The highest BCUT2D eigenvalue weighted by Crippen LogP contribution is 2.47. The van der Waals surface area contributed by atoms with Gasteiger partial charge in [-0.3, -0.25) is 4.79 Å². The number of halogens is 3. The first-order chi connectivity index (χ1) is 16.9. The van der Waals surface area contributed by atoms with Crippen LogP contribution >= 0.6 is 0 Å². The quantitative estimate of drug-likeness (QED) is 0.459. The lowest BCUT2D eigenvalue weighted by molar-refractivity contribution is -0.137. The van der Waals surface area contributed by atoms with E-state index in [0.29, 0.717) is 23.6 Å². The Bertz CT molecular complexity index is 1190. The number of carbonyl (C=O) groups is 1. The lowest BCUT2D eigenvalue weighted by atomic mass is 9.95. The first kappa shape index (κ1) is 23.2. The summed E-state index contributed by atoms with van der Waals surface area (Å²) in [6.07, 6.45) is 1.60. The molecule has 7 nitrogen and oxygen atoms in total. The molecule has 1 aliphatic heterocycles. The molecule has 10 heteroatoms. The minimum Gasteiger partial charge on any atom is -0.472 e. The van der Waals surface area contributed by atoms with E-state index in [2.05, 4.69) is 19.9 Å². The van der Waals surface area contributed by atoms with Gasteiger partial charge in [-0.15, -0.1) is 0 Å². The van der Waals surface area contributed by atoms with Gasteiger partial charge in [0.2, 0.25) is 5.88 Å². The highest BCUT2D eigenvalue weighted by atomic mass is 19.4. The van der Waals surface area contributed by atoms with Crippen LogP contribution in [0.3, 0.4) is 0 Å². The SMILES string of the molecule is COC[C@@H]1[C@H]2C[C@@H](Oc3ccc(C(F)(F)F)cn3)[C@H](C2)N1c1cccc(-c2ncccn2)c1C=O. The molecule has 0 spiro atoms. The third kappa shape index (κ3) is 4.34. The molecule has 1 aromatic carbocycles. The maximum Gasteiger partial charge on any atom is 0.417 e. The van der Waals surface area contributed by atoms with Crippen LogP contribution in [-0.2, 0) is 10.9 Å². The summed E-state index contributed by atoms with van der Waals surface area (Å²) in [6.45, 7) is 0.469. The Morgan fingerprint density at radius 1 is 1.09 bits per heavy atom. The number of hydrogen-bond donors (Lipinski definition) is 0. The Kier molecular flexibility index (Phi) is 6.14. The number of pyridine rings is 1. The lowest BCUT2D eigenvalue weighted by Gasteiger charge is -2.41. The smallest absolute Gasteiger partial charge is 0.417 e. The van der Waals surface area contributed by atoms with E-state index in [1.54, 1.807) is 25.6 Å². The van der Waals surface area contributed by atoms with Crippen molar-refractivity contribution in [3.63, 3.8) is 0 Å². The third-order valence-electron chi connectivity index (χ3n) is 6.73. The van der Waals surface area contributed by atoms with Gasteiger partial charge >= 0.3 is 6.18 Å². The van der Waals surface area contributed by atoms with Crippen molar-refractivity contribution in [2.24, 2.45) is 5.92 Å². The summed E-state index contributed by atoms with van der Waals surface area (Å²) in [5.74, 6) is 0.822. The van der Waals surface area contributed by atoms with E-state index in [4.69, 9.17) is 9.47 Å². The molecule has 4 atom stereocenters.